The minimum atomic E-state index is -0.762. The van der Waals surface area contributed by atoms with Crippen molar-refractivity contribution in [3.8, 4) is 17.2 Å². The number of carbonyl (C=O) groups excluding carboxylic acids is 1. The molecule has 1 aliphatic carbocycles. The minimum absolute atomic E-state index is 0.0250. The highest BCUT2D eigenvalue weighted by atomic mass is 16.6. The fourth-order valence-corrected chi connectivity index (χ4v) is 4.29. The number of ether oxygens (including phenoxy) is 3. The van der Waals surface area contributed by atoms with Crippen molar-refractivity contribution in [3.63, 3.8) is 0 Å². The molecule has 5 rings (SSSR count). The van der Waals surface area contributed by atoms with Crippen molar-refractivity contribution >= 4 is 27.7 Å². The predicted molar refractivity (Wildman–Crippen MR) is 130 cm³/mol. The Labute approximate surface area is 197 Å². The Hall–Kier alpha value is -3.80. The van der Waals surface area contributed by atoms with Crippen LogP contribution in [0.25, 0.3) is 21.7 Å². The van der Waals surface area contributed by atoms with Crippen molar-refractivity contribution in [3.05, 3.63) is 77.2 Å². The Balaban J connectivity index is 1.30. The van der Waals surface area contributed by atoms with Gasteiger partial charge in [-0.3, -0.25) is 4.79 Å². The second-order valence-corrected chi connectivity index (χ2v) is 8.66. The molecule has 0 amide bonds. The predicted octanol–water partition coefficient (Wildman–Crippen LogP) is 6.38. The van der Waals surface area contributed by atoms with E-state index in [2.05, 4.69) is 0 Å². The number of carbonyl (C=O) groups is 1. The van der Waals surface area contributed by atoms with Crippen LogP contribution >= 0.6 is 0 Å². The molecule has 1 heterocycles. The number of fused-ring (bicyclic) bond motifs is 2. The molecule has 1 aliphatic rings. The zero-order valence-corrected chi connectivity index (χ0v) is 19.0. The fourth-order valence-electron chi connectivity index (χ4n) is 4.29. The van der Waals surface area contributed by atoms with Crippen molar-refractivity contribution in [2.45, 2.75) is 51.2 Å². The van der Waals surface area contributed by atoms with E-state index in [1.165, 1.54) is 12.7 Å². The maximum atomic E-state index is 13.0. The zero-order chi connectivity index (χ0) is 23.5. The van der Waals surface area contributed by atoms with Gasteiger partial charge in [0.2, 0.25) is 11.2 Å². The molecule has 174 valence electrons. The Morgan fingerprint density at radius 1 is 0.941 bits per heavy atom. The summed E-state index contributed by atoms with van der Waals surface area (Å²) < 4.78 is 22.8. The third kappa shape index (κ3) is 4.76. The molecule has 1 fully saturated rings. The van der Waals surface area contributed by atoms with E-state index in [9.17, 15) is 9.59 Å². The fraction of sp³-hybridized carbons (Fsp3) is 0.286. The molecular formula is C28H26O6. The number of hydrogen-bond donors (Lipinski definition) is 0. The Kier molecular flexibility index (Phi) is 6.21. The first-order chi connectivity index (χ1) is 16.6. The van der Waals surface area contributed by atoms with E-state index in [4.69, 9.17) is 18.6 Å². The molecular weight excluding hydrogens is 432 g/mol. The lowest BCUT2D eigenvalue weighted by Gasteiger charge is -2.23. The molecule has 1 saturated carbocycles. The normalized spacial score (nSPS) is 15.2. The van der Waals surface area contributed by atoms with Crippen LogP contribution in [-0.4, -0.2) is 18.2 Å². The largest absolute Gasteiger partial charge is 0.479 e. The average Bonchev–Trinajstić information content (AvgIpc) is 2.86. The molecule has 1 atom stereocenters. The summed E-state index contributed by atoms with van der Waals surface area (Å²) in [4.78, 5) is 25.4. The summed E-state index contributed by atoms with van der Waals surface area (Å²) in [5.41, 5.74) is 0.0620. The van der Waals surface area contributed by atoms with Crippen LogP contribution in [-0.2, 0) is 9.53 Å². The summed E-state index contributed by atoms with van der Waals surface area (Å²) in [6, 6.07) is 18.4. The molecule has 1 aromatic heterocycles. The maximum Gasteiger partial charge on any atom is 0.347 e. The van der Waals surface area contributed by atoms with Gasteiger partial charge in [0, 0.05) is 6.07 Å². The second-order valence-electron chi connectivity index (χ2n) is 8.66. The van der Waals surface area contributed by atoms with Crippen LogP contribution in [0.2, 0.25) is 0 Å². The van der Waals surface area contributed by atoms with E-state index in [0.717, 1.165) is 36.5 Å². The third-order valence-corrected chi connectivity index (χ3v) is 6.14. The van der Waals surface area contributed by atoms with Gasteiger partial charge in [-0.1, -0.05) is 36.8 Å². The van der Waals surface area contributed by atoms with Crippen LogP contribution in [0, 0.1) is 0 Å². The number of benzene rings is 3. The molecule has 34 heavy (non-hydrogen) atoms. The van der Waals surface area contributed by atoms with Crippen LogP contribution in [0.3, 0.4) is 0 Å². The Morgan fingerprint density at radius 2 is 1.71 bits per heavy atom. The van der Waals surface area contributed by atoms with Crippen LogP contribution in [0.5, 0.6) is 17.2 Å². The smallest absolute Gasteiger partial charge is 0.347 e. The highest BCUT2D eigenvalue weighted by Crippen LogP contribution is 2.27. The monoisotopic (exact) mass is 458 g/mol. The first-order valence-electron chi connectivity index (χ1n) is 11.7. The van der Waals surface area contributed by atoms with Gasteiger partial charge in [0.05, 0.1) is 5.39 Å². The minimum Gasteiger partial charge on any atom is -0.479 e. The van der Waals surface area contributed by atoms with Crippen molar-refractivity contribution in [1.29, 1.82) is 0 Å². The number of hydrogen-bond acceptors (Lipinski definition) is 6. The maximum absolute atomic E-state index is 13.0. The van der Waals surface area contributed by atoms with E-state index in [0.29, 0.717) is 22.5 Å². The molecule has 0 radical (unpaired) electrons. The Morgan fingerprint density at radius 3 is 2.53 bits per heavy atom. The number of esters is 1. The first-order valence-corrected chi connectivity index (χ1v) is 11.7. The van der Waals surface area contributed by atoms with Gasteiger partial charge in [-0.05, 0) is 67.6 Å². The van der Waals surface area contributed by atoms with Crippen molar-refractivity contribution in [2.75, 3.05) is 0 Å². The molecule has 0 N–H and O–H groups in total. The van der Waals surface area contributed by atoms with E-state index >= 15 is 0 Å². The van der Waals surface area contributed by atoms with Crippen LogP contribution < -0.4 is 14.9 Å². The van der Waals surface area contributed by atoms with Gasteiger partial charge in [-0.25, -0.2) is 4.79 Å². The van der Waals surface area contributed by atoms with Gasteiger partial charge >= 0.3 is 5.97 Å². The number of rotatable bonds is 6. The SMILES string of the molecule is CC(Oc1ccc2c(=O)c(Oc3ccc4ccccc4c3)coc2c1)C(=O)OC1CCCCC1. The quantitative estimate of drug-likeness (QED) is 0.312. The molecule has 1 unspecified atom stereocenters. The zero-order valence-electron chi connectivity index (χ0n) is 19.0. The van der Waals surface area contributed by atoms with Gasteiger partial charge in [0.15, 0.2) is 6.10 Å². The molecule has 6 heteroatoms. The van der Waals surface area contributed by atoms with Crippen molar-refractivity contribution in [2.24, 2.45) is 0 Å². The summed E-state index contributed by atoms with van der Waals surface area (Å²) in [5.74, 6) is 0.691. The van der Waals surface area contributed by atoms with Gasteiger partial charge in [-0.15, -0.1) is 0 Å². The lowest BCUT2D eigenvalue weighted by molar-refractivity contribution is -0.158. The van der Waals surface area contributed by atoms with Gasteiger partial charge in [0.25, 0.3) is 0 Å². The second kappa shape index (κ2) is 9.59. The van der Waals surface area contributed by atoms with Crippen LogP contribution in [0.15, 0.2) is 76.1 Å². The highest BCUT2D eigenvalue weighted by Gasteiger charge is 2.23. The topological polar surface area (TPSA) is 75.0 Å². The van der Waals surface area contributed by atoms with E-state index in [1.807, 2.05) is 42.5 Å². The van der Waals surface area contributed by atoms with Crippen molar-refractivity contribution in [1.82, 2.24) is 0 Å². The summed E-state index contributed by atoms with van der Waals surface area (Å²) >= 11 is 0. The van der Waals surface area contributed by atoms with E-state index in [1.54, 1.807) is 25.1 Å². The van der Waals surface area contributed by atoms with Crippen molar-refractivity contribution < 1.29 is 23.4 Å². The average molecular weight is 459 g/mol. The van der Waals surface area contributed by atoms with E-state index < -0.39 is 6.10 Å². The third-order valence-electron chi connectivity index (χ3n) is 6.14. The standard InChI is InChI=1S/C28H26O6/c1-18(28(30)34-21-9-3-2-4-10-21)32-23-13-14-24-25(16-23)31-17-26(27(24)29)33-22-12-11-19-7-5-6-8-20(19)15-22/h5-8,11-18,21H,2-4,9-10H2,1H3. The molecule has 0 aliphatic heterocycles. The summed E-state index contributed by atoms with van der Waals surface area (Å²) in [5, 5.41) is 2.47. The van der Waals surface area contributed by atoms with Crippen LogP contribution in [0.4, 0.5) is 0 Å². The van der Waals surface area contributed by atoms with Gasteiger partial charge < -0.3 is 18.6 Å². The molecule has 3 aromatic carbocycles. The Bertz CT molecular complexity index is 1380. The molecule has 0 spiro atoms. The summed E-state index contributed by atoms with van der Waals surface area (Å²) in [6.07, 6.45) is 5.69. The first kappa shape index (κ1) is 22.0. The van der Waals surface area contributed by atoms with E-state index in [-0.39, 0.29) is 23.3 Å². The molecule has 0 bridgehead atoms. The summed E-state index contributed by atoms with van der Waals surface area (Å²) in [7, 11) is 0. The molecule has 4 aromatic rings. The van der Waals surface area contributed by atoms with Gasteiger partial charge in [-0.2, -0.15) is 0 Å². The molecule has 0 saturated heterocycles. The molecule has 6 nitrogen and oxygen atoms in total. The summed E-state index contributed by atoms with van der Waals surface area (Å²) in [6.45, 7) is 1.66. The van der Waals surface area contributed by atoms with Gasteiger partial charge in [0.1, 0.15) is 29.4 Å². The lowest BCUT2D eigenvalue weighted by Crippen LogP contribution is -2.31. The van der Waals surface area contributed by atoms with Crippen LogP contribution in [0.1, 0.15) is 39.0 Å². The lowest BCUT2D eigenvalue weighted by atomic mass is 9.98. The highest BCUT2D eigenvalue weighted by molar-refractivity contribution is 5.84.